The van der Waals surface area contributed by atoms with Gasteiger partial charge in [0.2, 0.25) is 0 Å². The zero-order valence-corrected chi connectivity index (χ0v) is 16.1. The van der Waals surface area contributed by atoms with E-state index >= 15 is 0 Å². The van der Waals surface area contributed by atoms with E-state index in [1.54, 1.807) is 49.5 Å². The Morgan fingerprint density at radius 3 is 1.97 bits per heavy atom. The lowest BCUT2D eigenvalue weighted by Crippen LogP contribution is -2.13. The second kappa shape index (κ2) is 9.83. The molecule has 2 aromatic carbocycles. The minimum Gasteiger partial charge on any atom is -0.434 e. The second-order valence-electron chi connectivity index (χ2n) is 6.04. The highest BCUT2D eigenvalue weighted by Crippen LogP contribution is 2.17. The molecule has 0 saturated heterocycles. The van der Waals surface area contributed by atoms with Crippen molar-refractivity contribution >= 4 is 29.3 Å². The standard InChI is InChI=1S/C22H19N3O5/c1-2-29-22(28)30-19-11-5-15(6-12-19)20(26)24-17-7-9-18(10-8-17)25-21(27)16-4-3-13-23-14-16/h3-14H,2H2,1H3,(H,24,26)(H,25,27). The van der Waals surface area contributed by atoms with E-state index in [1.165, 1.54) is 30.5 Å². The Morgan fingerprint density at radius 1 is 0.833 bits per heavy atom. The van der Waals surface area contributed by atoms with Crippen LogP contribution < -0.4 is 15.4 Å². The molecular weight excluding hydrogens is 386 g/mol. The number of rotatable bonds is 6. The van der Waals surface area contributed by atoms with Gasteiger partial charge >= 0.3 is 6.16 Å². The number of ether oxygens (including phenoxy) is 2. The smallest absolute Gasteiger partial charge is 0.434 e. The van der Waals surface area contributed by atoms with Gasteiger partial charge in [0.1, 0.15) is 5.75 Å². The maximum Gasteiger partial charge on any atom is 0.513 e. The molecule has 2 N–H and O–H groups in total. The van der Waals surface area contributed by atoms with Crippen LogP contribution in [0.5, 0.6) is 5.75 Å². The molecule has 2 amide bonds. The van der Waals surface area contributed by atoms with Gasteiger partial charge in [0.05, 0.1) is 12.2 Å². The van der Waals surface area contributed by atoms with E-state index in [0.717, 1.165) is 0 Å². The third-order valence-electron chi connectivity index (χ3n) is 3.90. The highest BCUT2D eigenvalue weighted by Gasteiger charge is 2.10. The summed E-state index contributed by atoms with van der Waals surface area (Å²) >= 11 is 0. The number of anilines is 2. The van der Waals surface area contributed by atoms with Gasteiger partial charge in [-0.25, -0.2) is 4.79 Å². The van der Waals surface area contributed by atoms with Gasteiger partial charge in [-0.15, -0.1) is 0 Å². The molecule has 0 saturated carbocycles. The minimum atomic E-state index is -0.801. The molecule has 8 nitrogen and oxygen atoms in total. The van der Waals surface area contributed by atoms with Crippen molar-refractivity contribution in [2.75, 3.05) is 17.2 Å². The van der Waals surface area contributed by atoms with Crippen LogP contribution in [0, 0.1) is 0 Å². The van der Waals surface area contributed by atoms with Crippen molar-refractivity contribution in [1.29, 1.82) is 0 Å². The lowest BCUT2D eigenvalue weighted by atomic mass is 10.2. The molecule has 3 aromatic rings. The molecule has 1 aromatic heterocycles. The van der Waals surface area contributed by atoms with Crippen molar-refractivity contribution < 1.29 is 23.9 Å². The average Bonchev–Trinajstić information content (AvgIpc) is 2.76. The number of benzene rings is 2. The zero-order valence-electron chi connectivity index (χ0n) is 16.1. The van der Waals surface area contributed by atoms with Gasteiger partial charge in [0.25, 0.3) is 11.8 Å². The topological polar surface area (TPSA) is 107 Å². The third kappa shape index (κ3) is 5.65. The Kier molecular flexibility index (Phi) is 6.73. The molecule has 0 bridgehead atoms. The first-order valence-electron chi connectivity index (χ1n) is 9.12. The normalized spacial score (nSPS) is 10.0. The number of nitrogens with one attached hydrogen (secondary N) is 2. The molecule has 0 unspecified atom stereocenters. The molecule has 0 radical (unpaired) electrons. The van der Waals surface area contributed by atoms with E-state index < -0.39 is 6.16 Å². The van der Waals surface area contributed by atoms with Crippen molar-refractivity contribution in [2.45, 2.75) is 6.92 Å². The van der Waals surface area contributed by atoms with Gasteiger partial charge in [-0.3, -0.25) is 14.6 Å². The summed E-state index contributed by atoms with van der Waals surface area (Å²) in [5.41, 5.74) is 1.99. The summed E-state index contributed by atoms with van der Waals surface area (Å²) in [5, 5.41) is 5.51. The van der Waals surface area contributed by atoms with Gasteiger partial charge in [-0.1, -0.05) is 0 Å². The Hall–Kier alpha value is -4.20. The summed E-state index contributed by atoms with van der Waals surface area (Å²) in [6.07, 6.45) is 2.27. The summed E-state index contributed by atoms with van der Waals surface area (Å²) in [6.45, 7) is 1.89. The van der Waals surface area contributed by atoms with Crippen molar-refractivity contribution in [3.05, 3.63) is 84.2 Å². The minimum absolute atomic E-state index is 0.214. The number of carbonyl (C=O) groups excluding carboxylic acids is 3. The number of hydrogen-bond acceptors (Lipinski definition) is 6. The zero-order chi connectivity index (χ0) is 21.3. The van der Waals surface area contributed by atoms with Crippen LogP contribution in [-0.2, 0) is 4.74 Å². The summed E-state index contributed by atoms with van der Waals surface area (Å²) in [4.78, 5) is 39.7. The highest BCUT2D eigenvalue weighted by atomic mass is 16.7. The fraction of sp³-hybridized carbons (Fsp3) is 0.0909. The number of hydrogen-bond donors (Lipinski definition) is 2. The summed E-state index contributed by atoms with van der Waals surface area (Å²) in [6, 6.07) is 16.1. The molecule has 0 aliphatic carbocycles. The van der Waals surface area contributed by atoms with Gasteiger partial charge < -0.3 is 20.1 Å². The lowest BCUT2D eigenvalue weighted by molar-refractivity contribution is 0.101. The van der Waals surface area contributed by atoms with Gasteiger partial charge in [-0.2, -0.15) is 0 Å². The van der Waals surface area contributed by atoms with Crippen molar-refractivity contribution in [3.8, 4) is 5.75 Å². The quantitative estimate of drug-likeness (QED) is 0.472. The molecule has 30 heavy (non-hydrogen) atoms. The van der Waals surface area contributed by atoms with E-state index in [4.69, 9.17) is 9.47 Å². The van der Waals surface area contributed by atoms with E-state index in [-0.39, 0.29) is 24.2 Å². The van der Waals surface area contributed by atoms with Crippen LogP contribution in [0.2, 0.25) is 0 Å². The number of carbonyl (C=O) groups is 3. The first kappa shape index (κ1) is 20.5. The molecule has 0 aliphatic rings. The maximum absolute atomic E-state index is 12.4. The predicted octanol–water partition coefficient (Wildman–Crippen LogP) is 4.12. The monoisotopic (exact) mass is 405 g/mol. The molecule has 0 atom stereocenters. The SMILES string of the molecule is CCOC(=O)Oc1ccc(C(=O)Nc2ccc(NC(=O)c3cccnc3)cc2)cc1. The highest BCUT2D eigenvalue weighted by molar-refractivity contribution is 6.05. The third-order valence-corrected chi connectivity index (χ3v) is 3.90. The van der Waals surface area contributed by atoms with Crippen LogP contribution in [0.25, 0.3) is 0 Å². The Labute approximate surface area is 172 Å². The van der Waals surface area contributed by atoms with Crippen LogP contribution in [0.4, 0.5) is 16.2 Å². The number of amides is 2. The molecule has 3 rings (SSSR count). The summed E-state index contributed by atoms with van der Waals surface area (Å²) < 4.78 is 9.64. The second-order valence-corrected chi connectivity index (χ2v) is 6.04. The van der Waals surface area contributed by atoms with Crippen LogP contribution >= 0.6 is 0 Å². The summed E-state index contributed by atoms with van der Waals surface area (Å²) in [7, 11) is 0. The molecule has 152 valence electrons. The molecule has 0 spiro atoms. The molecule has 0 aliphatic heterocycles. The lowest BCUT2D eigenvalue weighted by Gasteiger charge is -2.09. The Morgan fingerprint density at radius 2 is 1.43 bits per heavy atom. The first-order chi connectivity index (χ1) is 14.5. The van der Waals surface area contributed by atoms with Gasteiger partial charge in [0, 0.05) is 29.3 Å². The van der Waals surface area contributed by atoms with Crippen molar-refractivity contribution in [2.24, 2.45) is 0 Å². The van der Waals surface area contributed by atoms with Gasteiger partial charge in [-0.05, 0) is 67.6 Å². The number of pyridine rings is 1. The predicted molar refractivity (Wildman–Crippen MR) is 111 cm³/mol. The molecule has 1 heterocycles. The van der Waals surface area contributed by atoms with Crippen LogP contribution in [0.15, 0.2) is 73.1 Å². The Balaban J connectivity index is 1.56. The van der Waals surface area contributed by atoms with E-state index in [9.17, 15) is 14.4 Å². The first-order valence-corrected chi connectivity index (χ1v) is 9.12. The average molecular weight is 405 g/mol. The molecular formula is C22H19N3O5. The van der Waals surface area contributed by atoms with E-state index in [1.807, 2.05) is 0 Å². The van der Waals surface area contributed by atoms with Crippen LogP contribution in [0.3, 0.4) is 0 Å². The fourth-order valence-electron chi connectivity index (χ4n) is 2.46. The van der Waals surface area contributed by atoms with Crippen molar-refractivity contribution in [1.82, 2.24) is 4.98 Å². The Bertz CT molecular complexity index is 1020. The van der Waals surface area contributed by atoms with Crippen LogP contribution in [-0.4, -0.2) is 29.6 Å². The maximum atomic E-state index is 12.4. The fourth-order valence-corrected chi connectivity index (χ4v) is 2.46. The van der Waals surface area contributed by atoms with E-state index in [0.29, 0.717) is 22.5 Å². The molecule has 8 heteroatoms. The molecule has 0 fully saturated rings. The number of aromatic nitrogens is 1. The largest absolute Gasteiger partial charge is 0.513 e. The number of nitrogens with zero attached hydrogens (tertiary/aromatic N) is 1. The van der Waals surface area contributed by atoms with Crippen molar-refractivity contribution in [3.63, 3.8) is 0 Å². The van der Waals surface area contributed by atoms with Crippen LogP contribution in [0.1, 0.15) is 27.6 Å². The summed E-state index contributed by atoms with van der Waals surface area (Å²) in [5.74, 6) is -0.325. The van der Waals surface area contributed by atoms with E-state index in [2.05, 4.69) is 15.6 Å². The van der Waals surface area contributed by atoms with Gasteiger partial charge in [0.15, 0.2) is 0 Å².